The number of ether oxygens (including phenoxy) is 1. The van der Waals surface area contributed by atoms with Crippen LogP contribution in [0.3, 0.4) is 0 Å². The van der Waals surface area contributed by atoms with E-state index in [4.69, 9.17) is 0 Å². The summed E-state index contributed by atoms with van der Waals surface area (Å²) < 4.78 is 4.40. The third kappa shape index (κ3) is 5.28. The first-order valence-electron chi connectivity index (χ1n) is 9.45. The Hall–Kier alpha value is -2.44. The summed E-state index contributed by atoms with van der Waals surface area (Å²) in [4.78, 5) is 9.82. The van der Waals surface area contributed by atoms with E-state index in [1.807, 2.05) is 0 Å². The molecule has 3 aromatic rings. The van der Waals surface area contributed by atoms with Crippen molar-refractivity contribution in [2.45, 2.75) is 20.8 Å². The Bertz CT molecular complexity index is 705. The summed E-state index contributed by atoms with van der Waals surface area (Å²) in [6.07, 6.45) is 1.17. The van der Waals surface area contributed by atoms with Gasteiger partial charge in [-0.2, -0.15) is 0 Å². The van der Waals surface area contributed by atoms with Crippen LogP contribution in [0.2, 0.25) is 0 Å². The zero-order valence-electron chi connectivity index (χ0n) is 16.4. The number of benzene rings is 3. The van der Waals surface area contributed by atoms with Crippen LogP contribution >= 0.6 is 7.26 Å². The molecule has 0 saturated heterocycles. The normalized spacial score (nSPS) is 11.1. The molecule has 0 bridgehead atoms. The molecule has 3 heteroatoms. The van der Waals surface area contributed by atoms with Gasteiger partial charge in [-0.05, 0) is 6.92 Å². The molecule has 0 aliphatic heterocycles. The van der Waals surface area contributed by atoms with Crippen LogP contribution in [-0.2, 0) is 9.53 Å². The number of rotatable bonds is 5. The molecule has 3 aromatic carbocycles. The van der Waals surface area contributed by atoms with Gasteiger partial charge in [0.15, 0.2) is 0 Å². The van der Waals surface area contributed by atoms with Gasteiger partial charge < -0.3 is 4.74 Å². The van der Waals surface area contributed by atoms with Crippen LogP contribution in [0, 0.1) is 0 Å². The summed E-state index contributed by atoms with van der Waals surface area (Å²) in [6.45, 7) is 5.99. The molecule has 0 aliphatic carbocycles. The van der Waals surface area contributed by atoms with Crippen LogP contribution in [-0.4, -0.2) is 18.7 Å². The molecule has 0 heterocycles. The first kappa shape index (κ1) is 20.9. The van der Waals surface area contributed by atoms with E-state index in [9.17, 15) is 4.79 Å². The number of hydrogen-bond acceptors (Lipinski definition) is 2. The average Bonchev–Trinajstić information content (AvgIpc) is 2.72. The Labute approximate surface area is 163 Å². The Kier molecular flexibility index (Phi) is 8.23. The van der Waals surface area contributed by atoms with Crippen molar-refractivity contribution in [2.75, 3.05) is 12.8 Å². The Morgan fingerprint density at radius 2 is 1.04 bits per heavy atom. The quantitative estimate of drug-likeness (QED) is 0.487. The van der Waals surface area contributed by atoms with Crippen LogP contribution in [0.25, 0.3) is 0 Å². The van der Waals surface area contributed by atoms with Crippen molar-refractivity contribution < 1.29 is 9.53 Å². The summed E-state index contributed by atoms with van der Waals surface area (Å²) in [7, 11) is -1.90. The van der Waals surface area contributed by atoms with Crippen LogP contribution in [0.5, 0.6) is 0 Å². The molecule has 2 nitrogen and oxygen atoms in total. The first-order valence-corrected chi connectivity index (χ1v) is 11.7. The molecular weight excluding hydrogens is 351 g/mol. The second-order valence-corrected chi connectivity index (χ2v) is 10.5. The zero-order valence-corrected chi connectivity index (χ0v) is 17.4. The summed E-state index contributed by atoms with van der Waals surface area (Å²) in [5.74, 6) is -0.211. The van der Waals surface area contributed by atoms with Crippen molar-refractivity contribution in [2.24, 2.45) is 0 Å². The Morgan fingerprint density at radius 3 is 1.22 bits per heavy atom. The third-order valence-corrected chi connectivity index (χ3v) is 9.70. The third-order valence-electron chi connectivity index (χ3n) is 4.68. The molecule has 3 rings (SSSR count). The van der Waals surface area contributed by atoms with E-state index >= 15 is 0 Å². The van der Waals surface area contributed by atoms with Crippen molar-refractivity contribution in [3.05, 3.63) is 91.0 Å². The molecule has 0 fully saturated rings. The predicted molar refractivity (Wildman–Crippen MR) is 119 cm³/mol. The van der Waals surface area contributed by atoms with E-state index < -0.39 is 7.26 Å². The first-order chi connectivity index (χ1) is 13.1. The van der Waals surface area contributed by atoms with E-state index in [-0.39, 0.29) is 5.97 Å². The van der Waals surface area contributed by atoms with E-state index in [1.54, 1.807) is 6.92 Å². The molecule has 0 radical (unpaired) electrons. The van der Waals surface area contributed by atoms with E-state index in [2.05, 4.69) is 103 Å². The SMILES string of the molecule is CCOC(C)=O.CC[PH](c1ccccc1)(c1ccccc1)c1ccccc1. The van der Waals surface area contributed by atoms with Crippen molar-refractivity contribution in [3.8, 4) is 0 Å². The topological polar surface area (TPSA) is 26.3 Å². The van der Waals surface area contributed by atoms with Gasteiger partial charge in [0.1, 0.15) is 0 Å². The average molecular weight is 380 g/mol. The maximum atomic E-state index is 9.82. The zero-order chi connectivity index (χ0) is 19.5. The van der Waals surface area contributed by atoms with Gasteiger partial charge in [-0.1, -0.05) is 0 Å². The Balaban J connectivity index is 0.000000380. The van der Waals surface area contributed by atoms with Gasteiger partial charge in [0.25, 0.3) is 0 Å². The van der Waals surface area contributed by atoms with Crippen molar-refractivity contribution in [1.29, 1.82) is 0 Å². The summed E-state index contributed by atoms with van der Waals surface area (Å²) >= 11 is 0. The van der Waals surface area contributed by atoms with Crippen LogP contribution in [0.15, 0.2) is 91.0 Å². The summed E-state index contributed by atoms with van der Waals surface area (Å²) in [6, 6.07) is 33.1. The molecule has 0 saturated carbocycles. The Morgan fingerprint density at radius 1 is 0.704 bits per heavy atom. The van der Waals surface area contributed by atoms with Gasteiger partial charge in [0.05, 0.1) is 6.61 Å². The fourth-order valence-electron chi connectivity index (χ4n) is 3.48. The second kappa shape index (κ2) is 10.6. The summed E-state index contributed by atoms with van der Waals surface area (Å²) in [5.41, 5.74) is 0. The number of carbonyl (C=O) groups is 1. The van der Waals surface area contributed by atoms with Crippen molar-refractivity contribution in [3.63, 3.8) is 0 Å². The van der Waals surface area contributed by atoms with Crippen LogP contribution in [0.4, 0.5) is 0 Å². The minimum atomic E-state index is -1.90. The van der Waals surface area contributed by atoms with Gasteiger partial charge >= 0.3 is 133 Å². The molecule has 142 valence electrons. The van der Waals surface area contributed by atoms with Gasteiger partial charge in [-0.15, -0.1) is 0 Å². The van der Waals surface area contributed by atoms with E-state index in [0.29, 0.717) is 6.61 Å². The van der Waals surface area contributed by atoms with Crippen molar-refractivity contribution in [1.82, 2.24) is 0 Å². The molecule has 0 amide bonds. The molecular formula is C24H29O2P. The minimum absolute atomic E-state index is 0.211. The number of hydrogen-bond donors (Lipinski definition) is 0. The molecule has 0 aromatic heterocycles. The standard InChI is InChI=1S/C20H21P.C4H8O2/c1-2-21(18-12-6-3-7-13-18,19-14-8-4-9-15-19)20-16-10-5-11-17-20;1-3-6-4(2)5/h3-17,21H,2H2,1H3;3H2,1-2H3. The summed E-state index contributed by atoms with van der Waals surface area (Å²) in [5, 5.41) is 4.47. The fourth-order valence-corrected chi connectivity index (χ4v) is 7.99. The van der Waals surface area contributed by atoms with Crippen LogP contribution in [0.1, 0.15) is 20.8 Å². The molecule has 0 spiro atoms. The maximum absolute atomic E-state index is 9.82. The van der Waals surface area contributed by atoms with Gasteiger partial charge in [0, 0.05) is 6.92 Å². The molecule has 0 atom stereocenters. The fraction of sp³-hybridized carbons (Fsp3) is 0.208. The van der Waals surface area contributed by atoms with Gasteiger partial charge in [-0.25, -0.2) is 0 Å². The van der Waals surface area contributed by atoms with Crippen molar-refractivity contribution >= 4 is 29.1 Å². The monoisotopic (exact) mass is 380 g/mol. The second-order valence-electron chi connectivity index (χ2n) is 6.28. The van der Waals surface area contributed by atoms with Gasteiger partial charge in [0.2, 0.25) is 0 Å². The number of esters is 1. The van der Waals surface area contributed by atoms with Crippen LogP contribution < -0.4 is 15.9 Å². The molecule has 0 N–H and O–H groups in total. The molecule has 27 heavy (non-hydrogen) atoms. The predicted octanol–water partition coefficient (Wildman–Crippen LogP) is 4.30. The number of carbonyl (C=O) groups excluding carboxylic acids is 1. The van der Waals surface area contributed by atoms with Gasteiger partial charge in [-0.3, -0.25) is 4.79 Å². The molecule has 0 unspecified atom stereocenters. The molecule has 0 aliphatic rings. The van der Waals surface area contributed by atoms with E-state index in [0.717, 1.165) is 0 Å². The van der Waals surface area contributed by atoms with E-state index in [1.165, 1.54) is 29.0 Å².